The van der Waals surface area contributed by atoms with E-state index in [0.717, 1.165) is 0 Å². The number of carbonyl (C=O) groups is 1. The molecule has 0 aliphatic heterocycles. The van der Waals surface area contributed by atoms with Crippen molar-refractivity contribution in [3.63, 3.8) is 0 Å². The van der Waals surface area contributed by atoms with Gasteiger partial charge in [0.2, 0.25) is 11.1 Å². The highest BCUT2D eigenvalue weighted by Crippen LogP contribution is 1.77. The maximum absolute atomic E-state index is 10.1. The lowest BCUT2D eigenvalue weighted by atomic mass is 10.7. The van der Waals surface area contributed by atoms with Gasteiger partial charge in [0.05, 0.1) is 6.54 Å². The van der Waals surface area contributed by atoms with Crippen molar-refractivity contribution in [2.75, 3.05) is 12.8 Å². The molecule has 0 saturated carbocycles. The molecule has 0 aliphatic rings. The molecule has 0 radical (unpaired) electrons. The molecule has 0 bridgehead atoms. The van der Waals surface area contributed by atoms with E-state index in [2.05, 4.69) is 4.18 Å². The van der Waals surface area contributed by atoms with Crippen LogP contribution in [0.4, 0.5) is 0 Å². The second-order valence-corrected chi connectivity index (χ2v) is 2.03. The van der Waals surface area contributed by atoms with Crippen molar-refractivity contribution in [1.82, 2.24) is 0 Å². The van der Waals surface area contributed by atoms with E-state index < -0.39 is 17.0 Å². The number of carbonyl (C=O) groups excluding carboxylic acids is 1. The van der Waals surface area contributed by atoms with Gasteiger partial charge in [-0.3, -0.25) is 0 Å². The smallest absolute Gasteiger partial charge is 0.333 e. The Hall–Kier alpha value is -0.420. The van der Waals surface area contributed by atoms with Crippen molar-refractivity contribution in [2.45, 2.75) is 0 Å². The summed E-state index contributed by atoms with van der Waals surface area (Å²) in [6.07, 6.45) is 1.26. The first-order valence-electron chi connectivity index (χ1n) is 1.91. The molecule has 5 heteroatoms. The lowest BCUT2D eigenvalue weighted by molar-refractivity contribution is -0.131. The van der Waals surface area contributed by atoms with E-state index in [1.165, 1.54) is 6.26 Å². The van der Waals surface area contributed by atoms with Gasteiger partial charge in [0.25, 0.3) is 0 Å². The summed E-state index contributed by atoms with van der Waals surface area (Å²) in [4.78, 5) is 10.1. The Balaban J connectivity index is 3.40. The zero-order valence-electron chi connectivity index (χ0n) is 4.42. The van der Waals surface area contributed by atoms with Crippen LogP contribution in [0, 0.1) is 0 Å². The van der Waals surface area contributed by atoms with Crippen molar-refractivity contribution in [2.24, 2.45) is 5.73 Å². The normalized spacial score (nSPS) is 12.8. The van der Waals surface area contributed by atoms with Crippen LogP contribution < -0.4 is 5.73 Å². The van der Waals surface area contributed by atoms with Gasteiger partial charge in [-0.2, -0.15) is 0 Å². The lowest BCUT2D eigenvalue weighted by Gasteiger charge is -1.92. The summed E-state index contributed by atoms with van der Waals surface area (Å²) in [6, 6.07) is 0. The third kappa shape index (κ3) is 3.76. The van der Waals surface area contributed by atoms with E-state index in [-0.39, 0.29) is 6.54 Å². The van der Waals surface area contributed by atoms with E-state index in [1.807, 2.05) is 0 Å². The number of hydrogen-bond donors (Lipinski definition) is 1. The van der Waals surface area contributed by atoms with Gasteiger partial charge < -0.3 is 9.92 Å². The van der Waals surface area contributed by atoms with Crippen LogP contribution in [-0.4, -0.2) is 23.0 Å². The Morgan fingerprint density at radius 3 is 2.50 bits per heavy atom. The van der Waals surface area contributed by atoms with E-state index >= 15 is 0 Å². The largest absolute Gasteiger partial charge is 0.363 e. The second kappa shape index (κ2) is 3.57. The van der Waals surface area contributed by atoms with Crippen molar-refractivity contribution in [3.8, 4) is 0 Å². The maximum atomic E-state index is 10.1. The molecule has 0 aromatic rings. The zero-order chi connectivity index (χ0) is 6.57. The Kier molecular flexibility index (Phi) is 3.38. The average molecular weight is 137 g/mol. The highest BCUT2D eigenvalue weighted by molar-refractivity contribution is 7.79. The summed E-state index contributed by atoms with van der Waals surface area (Å²) >= 11 is -1.53. The van der Waals surface area contributed by atoms with Crippen LogP contribution in [0.5, 0.6) is 0 Å². The fourth-order valence-corrected chi connectivity index (χ4v) is 0.495. The van der Waals surface area contributed by atoms with Crippen LogP contribution in [0.2, 0.25) is 0 Å². The first kappa shape index (κ1) is 7.58. The Labute approximate surface area is 49.7 Å². The van der Waals surface area contributed by atoms with Crippen LogP contribution in [0.3, 0.4) is 0 Å². The number of rotatable bonds is 2. The van der Waals surface area contributed by atoms with Gasteiger partial charge in [0.15, 0.2) is 0 Å². The Bertz CT molecular complexity index is 113. The standard InChI is InChI=1S/C3H7NO3S/c1-8(6)7-3(5)2-4/h2,4H2,1H3. The van der Waals surface area contributed by atoms with Gasteiger partial charge in [-0.15, -0.1) is 0 Å². The Morgan fingerprint density at radius 2 is 2.38 bits per heavy atom. The van der Waals surface area contributed by atoms with Crippen molar-refractivity contribution >= 4 is 17.0 Å². The molecule has 48 valence electrons. The van der Waals surface area contributed by atoms with Crippen LogP contribution in [-0.2, 0) is 20.1 Å². The summed E-state index contributed by atoms with van der Waals surface area (Å²) < 4.78 is 14.1. The molecule has 1 unspecified atom stereocenters. The molecule has 0 aliphatic carbocycles. The molecule has 0 saturated heterocycles. The molecular formula is C3H7NO3S. The highest BCUT2D eigenvalue weighted by Gasteiger charge is 1.98. The third-order valence-corrected chi connectivity index (χ3v) is 0.798. The van der Waals surface area contributed by atoms with Crippen LogP contribution in [0.15, 0.2) is 0 Å². The lowest BCUT2D eigenvalue weighted by Crippen LogP contribution is -2.17. The minimum absolute atomic E-state index is 0.223. The molecule has 8 heavy (non-hydrogen) atoms. The molecule has 0 heterocycles. The van der Waals surface area contributed by atoms with Gasteiger partial charge >= 0.3 is 5.97 Å². The summed E-state index contributed by atoms with van der Waals surface area (Å²) in [5.41, 5.74) is 4.81. The molecule has 0 spiro atoms. The van der Waals surface area contributed by atoms with Gasteiger partial charge in [-0.1, -0.05) is 0 Å². The van der Waals surface area contributed by atoms with Crippen LogP contribution in [0.25, 0.3) is 0 Å². The molecule has 1 atom stereocenters. The van der Waals surface area contributed by atoms with Crippen molar-refractivity contribution < 1.29 is 13.2 Å². The van der Waals surface area contributed by atoms with Crippen LogP contribution >= 0.6 is 0 Å². The third-order valence-electron chi connectivity index (χ3n) is 0.377. The first-order chi connectivity index (χ1) is 3.66. The minimum Gasteiger partial charge on any atom is -0.363 e. The average Bonchev–Trinajstić information content (AvgIpc) is 1.65. The van der Waals surface area contributed by atoms with Crippen LogP contribution in [0.1, 0.15) is 0 Å². The van der Waals surface area contributed by atoms with Gasteiger partial charge in [-0.05, 0) is 0 Å². The zero-order valence-corrected chi connectivity index (χ0v) is 5.23. The molecule has 0 aromatic heterocycles. The minimum atomic E-state index is -1.53. The summed E-state index contributed by atoms with van der Waals surface area (Å²) in [5, 5.41) is 0. The SMILES string of the molecule is CS(=O)OC(=O)CN. The fourth-order valence-electron chi connectivity index (χ4n) is 0.165. The maximum Gasteiger partial charge on any atom is 0.333 e. The first-order valence-corrected chi connectivity index (χ1v) is 3.39. The molecule has 0 aromatic carbocycles. The summed E-state index contributed by atoms with van der Waals surface area (Å²) in [7, 11) is 0. The van der Waals surface area contributed by atoms with E-state index in [4.69, 9.17) is 5.73 Å². The predicted octanol–water partition coefficient (Wildman–Crippen LogP) is -1.22. The number of nitrogens with two attached hydrogens (primary N) is 1. The second-order valence-electron chi connectivity index (χ2n) is 1.06. The van der Waals surface area contributed by atoms with E-state index in [9.17, 15) is 9.00 Å². The quantitative estimate of drug-likeness (QED) is 0.518. The monoisotopic (exact) mass is 137 g/mol. The molecule has 0 fully saturated rings. The van der Waals surface area contributed by atoms with Gasteiger partial charge in [0, 0.05) is 6.26 Å². The highest BCUT2D eigenvalue weighted by atomic mass is 32.2. The van der Waals surface area contributed by atoms with Gasteiger partial charge in [0.1, 0.15) is 0 Å². The molecular weight excluding hydrogens is 130 g/mol. The summed E-state index contributed by atoms with van der Waals surface area (Å²) in [5.74, 6) is -0.647. The topological polar surface area (TPSA) is 69.4 Å². The summed E-state index contributed by atoms with van der Waals surface area (Å²) in [6.45, 7) is -0.223. The predicted molar refractivity (Wildman–Crippen MR) is 29.2 cm³/mol. The molecule has 0 rings (SSSR count). The van der Waals surface area contributed by atoms with Gasteiger partial charge in [-0.25, -0.2) is 9.00 Å². The molecule has 4 nitrogen and oxygen atoms in total. The molecule has 2 N–H and O–H groups in total. The molecule has 0 amide bonds. The van der Waals surface area contributed by atoms with Crippen molar-refractivity contribution in [3.05, 3.63) is 0 Å². The Morgan fingerprint density at radius 1 is 1.88 bits per heavy atom. The van der Waals surface area contributed by atoms with E-state index in [0.29, 0.717) is 0 Å². The van der Waals surface area contributed by atoms with Crippen molar-refractivity contribution in [1.29, 1.82) is 0 Å². The van der Waals surface area contributed by atoms with E-state index in [1.54, 1.807) is 0 Å². The number of hydrogen-bond acceptors (Lipinski definition) is 4. The fraction of sp³-hybridized carbons (Fsp3) is 0.667.